The molecule has 2 aliphatic rings. The highest BCUT2D eigenvalue weighted by molar-refractivity contribution is 7.98. The van der Waals surface area contributed by atoms with E-state index in [1.165, 1.54) is 97.0 Å². The van der Waals surface area contributed by atoms with Crippen LogP contribution in [0.2, 0.25) is 0 Å². The van der Waals surface area contributed by atoms with Gasteiger partial charge in [-0.3, -0.25) is 47.9 Å². The molecule has 15 N–H and O–H groups in total. The minimum atomic E-state index is -2.01. The molecule has 1 saturated heterocycles. The quantitative estimate of drug-likeness (QED) is 0.0690. The highest BCUT2D eigenvalue weighted by Gasteiger charge is 2.48. The zero-order chi connectivity index (χ0) is 70.8. The predicted molar refractivity (Wildman–Crippen MR) is 368 cm³/mol. The molecular formula is C69H82F2N14O12S2. The number of halogens is 2. The third kappa shape index (κ3) is 20.2. The van der Waals surface area contributed by atoms with Gasteiger partial charge in [-0.15, -0.1) is 0 Å². The third-order valence-corrected chi connectivity index (χ3v) is 19.5. The number of benzene rings is 4. The van der Waals surface area contributed by atoms with Gasteiger partial charge in [0, 0.05) is 114 Å². The summed E-state index contributed by atoms with van der Waals surface area (Å²) in [4.78, 5) is 159. The molecule has 2 bridgehead atoms. The van der Waals surface area contributed by atoms with E-state index in [1.54, 1.807) is 30.8 Å². The standard InChI is InChI=1S/C69H82F2N14O12S2/c1-39-61(90)80-54(27-43-33-75-51-16-12-45(70)29-49(43)51)63(92)81-55(28-44-34-76-52-17-13-46(71)30-50(44)52)64(93)83-57(32-60(88)89)66(95)82-56(31-47-35-73-38-77-47)65(94)84-58(26-40-10-14-48(86)15-11-40)67(96)85-22-6-19-69(85,2)68(97)74-21-24-99-37-42-8-5-7-41(25-42)36-98-23-18-59(87)79-53(62(91)78-39)9-3-4-20-72/h5,7-8,10-17,25,29-30,33-35,38-39,53-58,75-76,86H,3-4,6,9,18-24,26-28,31-32,36-37,72H2,1-2H3,(H,73,77)(H,74,97)(H,78,91)(H,79,87)(H,80,90)(H,81,92)(H,82,95)(H,83,93)(H,84,94)(H,88,89)/t39-,53+,54+,55+,56+,57+,58+,69+/m1/s1. The molecule has 526 valence electrons. The SMILES string of the molecule is C[C@H]1NC(=O)[C@H](CCCCN)NC(=O)CCSCc2cccc(c2)CSCCNC(=O)[C@]2(C)CCCN2C(=O)[C@H](Cc2ccc(O)cc2)NC(=O)[C@H](Cc2cnc[nH]2)NC(=O)[C@H](CC(=O)O)NC(=O)[C@H](Cc2c[nH]c3ccc(F)cc23)NC(=O)[C@H](Cc2c[nH]c3ccc(F)cc23)NC1=O. The zero-order valence-corrected chi connectivity index (χ0v) is 56.3. The lowest BCUT2D eigenvalue weighted by atomic mass is 9.95. The molecule has 0 unspecified atom stereocenters. The van der Waals surface area contributed by atoms with Gasteiger partial charge in [0.05, 0.1) is 12.7 Å². The Bertz CT molecular complexity index is 4040. The number of hydrogen-bond acceptors (Lipinski definition) is 15. The van der Waals surface area contributed by atoms with Crippen LogP contribution in [0.15, 0.2) is 110 Å². The molecule has 0 radical (unpaired) electrons. The largest absolute Gasteiger partial charge is 0.508 e. The number of imidazole rings is 1. The van der Waals surface area contributed by atoms with Gasteiger partial charge < -0.3 is 78.3 Å². The van der Waals surface area contributed by atoms with Crippen molar-refractivity contribution in [3.8, 4) is 5.75 Å². The number of rotatable bonds is 14. The van der Waals surface area contributed by atoms with Crippen molar-refractivity contribution in [1.82, 2.24) is 67.4 Å². The minimum Gasteiger partial charge on any atom is -0.508 e. The molecule has 9 rings (SSSR count). The Labute approximate surface area is 577 Å². The number of thioether (sulfide) groups is 2. The van der Waals surface area contributed by atoms with Crippen LogP contribution in [0.1, 0.15) is 92.3 Å². The summed E-state index contributed by atoms with van der Waals surface area (Å²) in [5.41, 5.74) is 8.73. The first-order valence-corrected chi connectivity index (χ1v) is 35.0. The number of carboxylic acids is 1. The molecule has 0 aliphatic carbocycles. The zero-order valence-electron chi connectivity index (χ0n) is 54.7. The summed E-state index contributed by atoms with van der Waals surface area (Å²) < 4.78 is 29.9. The molecule has 99 heavy (non-hydrogen) atoms. The number of fused-ring (bicyclic) bond motifs is 5. The summed E-state index contributed by atoms with van der Waals surface area (Å²) >= 11 is 3.11. The summed E-state index contributed by atoms with van der Waals surface area (Å²) in [6.07, 6.45) is 5.09. The van der Waals surface area contributed by atoms with E-state index in [0.717, 1.165) is 11.1 Å². The number of aromatic amines is 3. The highest BCUT2D eigenvalue weighted by Crippen LogP contribution is 2.31. The minimum absolute atomic E-state index is 0.0514. The molecule has 8 atom stereocenters. The number of aliphatic carboxylic acids is 1. The fraction of sp³-hybridized carbons (Fsp3) is 0.406. The van der Waals surface area contributed by atoms with Crippen molar-refractivity contribution in [1.29, 1.82) is 0 Å². The summed E-state index contributed by atoms with van der Waals surface area (Å²) in [5.74, 6) is -8.32. The Morgan fingerprint density at radius 1 is 0.646 bits per heavy atom. The van der Waals surface area contributed by atoms with Gasteiger partial charge in [-0.1, -0.05) is 36.4 Å². The summed E-state index contributed by atoms with van der Waals surface area (Å²) in [6, 6.07) is 10.6. The molecular weight excluding hydrogens is 1320 g/mol. The number of carbonyl (C=O) groups is 10. The Morgan fingerprint density at radius 3 is 1.81 bits per heavy atom. The number of amides is 9. The van der Waals surface area contributed by atoms with Gasteiger partial charge in [0.1, 0.15) is 65.2 Å². The number of unbranched alkanes of at least 4 members (excludes halogenated alkanes) is 1. The average molecular weight is 1400 g/mol. The molecule has 2 aliphatic heterocycles. The van der Waals surface area contributed by atoms with Crippen LogP contribution in [0.5, 0.6) is 5.75 Å². The maximum atomic E-state index is 15.1. The fourth-order valence-corrected chi connectivity index (χ4v) is 13.8. The Kier molecular flexibility index (Phi) is 25.7. The third-order valence-electron chi connectivity index (χ3n) is 17.5. The van der Waals surface area contributed by atoms with E-state index < -0.39 is 131 Å². The number of hydrogen-bond donors (Lipinski definition) is 14. The lowest BCUT2D eigenvalue weighted by molar-refractivity contribution is -0.146. The van der Waals surface area contributed by atoms with E-state index in [4.69, 9.17) is 5.73 Å². The number of aromatic nitrogens is 4. The normalized spacial score (nSPS) is 23.0. The fourth-order valence-electron chi connectivity index (χ4n) is 12.1. The molecule has 0 saturated carbocycles. The number of nitrogens with one attached hydrogen (secondary N) is 11. The average Bonchev–Trinajstić information content (AvgIpc) is 1.68. The number of carbonyl (C=O) groups excluding carboxylic acids is 9. The molecule has 26 nitrogen and oxygen atoms in total. The summed E-state index contributed by atoms with van der Waals surface area (Å²) in [6.45, 7) is 3.71. The first-order valence-electron chi connectivity index (χ1n) is 32.7. The van der Waals surface area contributed by atoms with Gasteiger partial charge in [0.15, 0.2) is 0 Å². The second kappa shape index (κ2) is 34.6. The topological polar surface area (TPSA) is 397 Å². The number of aromatic hydroxyl groups is 1. The predicted octanol–water partition coefficient (Wildman–Crippen LogP) is 3.71. The number of phenolic OH excluding ortho intramolecular Hbond substituents is 1. The van der Waals surface area contributed by atoms with Crippen LogP contribution in [0.3, 0.4) is 0 Å². The van der Waals surface area contributed by atoms with E-state index in [1.807, 2.05) is 18.2 Å². The Morgan fingerprint density at radius 2 is 1.21 bits per heavy atom. The molecule has 0 spiro atoms. The second-order valence-electron chi connectivity index (χ2n) is 24.9. The van der Waals surface area contributed by atoms with E-state index >= 15 is 14.4 Å². The van der Waals surface area contributed by atoms with Crippen molar-refractivity contribution in [2.45, 2.75) is 144 Å². The highest BCUT2D eigenvalue weighted by atomic mass is 32.2. The molecule has 9 amide bonds. The van der Waals surface area contributed by atoms with Gasteiger partial charge >= 0.3 is 5.97 Å². The van der Waals surface area contributed by atoms with Crippen LogP contribution in [-0.2, 0) is 85.1 Å². The van der Waals surface area contributed by atoms with Crippen molar-refractivity contribution >= 4 is 104 Å². The van der Waals surface area contributed by atoms with Crippen LogP contribution in [0.25, 0.3) is 21.8 Å². The van der Waals surface area contributed by atoms with Crippen LogP contribution in [0.4, 0.5) is 8.78 Å². The van der Waals surface area contributed by atoms with Crippen molar-refractivity contribution in [2.24, 2.45) is 5.73 Å². The van der Waals surface area contributed by atoms with Crippen LogP contribution in [-0.4, -0.2) is 173 Å². The van der Waals surface area contributed by atoms with Gasteiger partial charge in [0.2, 0.25) is 53.2 Å². The monoisotopic (exact) mass is 1400 g/mol. The molecule has 1 fully saturated rings. The van der Waals surface area contributed by atoms with E-state index in [2.05, 4.69) is 68.5 Å². The molecule has 4 aromatic carbocycles. The van der Waals surface area contributed by atoms with Crippen LogP contribution in [0, 0.1) is 11.6 Å². The van der Waals surface area contributed by atoms with Crippen molar-refractivity contribution in [3.05, 3.63) is 155 Å². The van der Waals surface area contributed by atoms with E-state index in [-0.39, 0.29) is 68.3 Å². The molecule has 7 aromatic rings. The van der Waals surface area contributed by atoms with Crippen molar-refractivity contribution in [3.63, 3.8) is 0 Å². The van der Waals surface area contributed by atoms with Gasteiger partial charge in [0.25, 0.3) is 0 Å². The Balaban J connectivity index is 1.05. The Hall–Kier alpha value is -9.81. The number of carboxylic acid groups (broad SMARTS) is 1. The lowest BCUT2D eigenvalue weighted by Gasteiger charge is -2.36. The first kappa shape index (κ1) is 73.4. The summed E-state index contributed by atoms with van der Waals surface area (Å²) in [5, 5.41) is 42.7. The van der Waals surface area contributed by atoms with Gasteiger partial charge in [-0.2, -0.15) is 23.5 Å². The maximum Gasteiger partial charge on any atom is 0.305 e. The first-order chi connectivity index (χ1) is 47.5. The maximum absolute atomic E-state index is 15.1. The van der Waals surface area contributed by atoms with Gasteiger partial charge in [-0.05, 0) is 129 Å². The van der Waals surface area contributed by atoms with Crippen LogP contribution >= 0.6 is 23.5 Å². The van der Waals surface area contributed by atoms with Crippen molar-refractivity contribution < 1.29 is 66.9 Å². The smallest absolute Gasteiger partial charge is 0.305 e. The molecule has 30 heteroatoms. The second-order valence-corrected chi connectivity index (χ2v) is 27.1. The molecule has 3 aromatic heterocycles. The number of phenols is 1. The van der Waals surface area contributed by atoms with E-state index in [9.17, 15) is 52.6 Å². The van der Waals surface area contributed by atoms with Crippen LogP contribution < -0.4 is 48.3 Å². The number of H-pyrrole nitrogens is 3. The number of nitrogens with two attached hydrogens (primary N) is 1. The molecule has 5 heterocycles. The number of nitrogens with zero attached hydrogens (tertiary/aromatic N) is 2. The lowest BCUT2D eigenvalue weighted by Crippen LogP contribution is -2.62. The summed E-state index contributed by atoms with van der Waals surface area (Å²) in [7, 11) is 0. The van der Waals surface area contributed by atoms with E-state index in [0.29, 0.717) is 82.1 Å². The van der Waals surface area contributed by atoms with Gasteiger partial charge in [-0.25, -0.2) is 13.8 Å². The van der Waals surface area contributed by atoms with Crippen molar-refractivity contribution in [2.75, 3.05) is 31.1 Å².